The summed E-state index contributed by atoms with van der Waals surface area (Å²) in [7, 11) is 0. The van der Waals surface area contributed by atoms with Crippen LogP contribution in [-0.2, 0) is 0 Å². The number of nitrogens with one attached hydrogen (secondary N) is 1. The molecule has 1 saturated heterocycles. The fourth-order valence-corrected chi connectivity index (χ4v) is 2.14. The standard InChI is InChI=1S/C14H23N3O/c1-14(2,18-13-3-6-15-7-4-13)5-10-17-11-8-16-9-12-17/h3-4,6-7,16H,5,8-12H2,1-2H3. The Morgan fingerprint density at radius 1 is 1.28 bits per heavy atom. The Balaban J connectivity index is 1.79. The van der Waals surface area contributed by atoms with Crippen molar-refractivity contribution in [2.45, 2.75) is 25.9 Å². The zero-order valence-electron chi connectivity index (χ0n) is 11.4. The van der Waals surface area contributed by atoms with Gasteiger partial charge in [-0.25, -0.2) is 0 Å². The molecule has 0 spiro atoms. The van der Waals surface area contributed by atoms with Crippen LogP contribution in [0.2, 0.25) is 0 Å². The van der Waals surface area contributed by atoms with Crippen LogP contribution in [0.3, 0.4) is 0 Å². The summed E-state index contributed by atoms with van der Waals surface area (Å²) in [5.41, 5.74) is -0.133. The van der Waals surface area contributed by atoms with E-state index in [2.05, 4.69) is 29.0 Å². The van der Waals surface area contributed by atoms with E-state index in [0.717, 1.165) is 44.9 Å². The Bertz CT molecular complexity index is 347. The second kappa shape index (κ2) is 6.16. The van der Waals surface area contributed by atoms with Crippen LogP contribution in [-0.4, -0.2) is 48.2 Å². The Labute approximate surface area is 109 Å². The van der Waals surface area contributed by atoms with Crippen LogP contribution in [0, 0.1) is 0 Å². The lowest BCUT2D eigenvalue weighted by molar-refractivity contribution is 0.0808. The normalized spacial score (nSPS) is 17.7. The molecule has 0 aliphatic carbocycles. The third kappa shape index (κ3) is 4.27. The summed E-state index contributed by atoms with van der Waals surface area (Å²) in [5.74, 6) is 0.898. The lowest BCUT2D eigenvalue weighted by Crippen LogP contribution is -2.45. The van der Waals surface area contributed by atoms with Crippen molar-refractivity contribution in [1.29, 1.82) is 0 Å². The molecule has 1 fully saturated rings. The van der Waals surface area contributed by atoms with Gasteiger partial charge in [-0.05, 0) is 32.4 Å². The molecule has 100 valence electrons. The average molecular weight is 249 g/mol. The number of rotatable bonds is 5. The molecule has 0 amide bonds. The van der Waals surface area contributed by atoms with E-state index < -0.39 is 0 Å². The summed E-state index contributed by atoms with van der Waals surface area (Å²) in [6.45, 7) is 9.89. The van der Waals surface area contributed by atoms with Gasteiger partial charge in [0.05, 0.1) is 0 Å². The van der Waals surface area contributed by atoms with E-state index in [1.54, 1.807) is 12.4 Å². The highest BCUT2D eigenvalue weighted by molar-refractivity contribution is 5.17. The van der Waals surface area contributed by atoms with Crippen molar-refractivity contribution in [3.63, 3.8) is 0 Å². The molecule has 0 unspecified atom stereocenters. The number of ether oxygens (including phenoxy) is 1. The highest BCUT2D eigenvalue weighted by Crippen LogP contribution is 2.20. The minimum absolute atomic E-state index is 0.133. The van der Waals surface area contributed by atoms with E-state index >= 15 is 0 Å². The van der Waals surface area contributed by atoms with Crippen LogP contribution in [0.5, 0.6) is 5.75 Å². The molecule has 1 aliphatic heterocycles. The molecular formula is C14H23N3O. The van der Waals surface area contributed by atoms with Gasteiger partial charge in [0.1, 0.15) is 11.4 Å². The van der Waals surface area contributed by atoms with E-state index in [1.807, 2.05) is 12.1 Å². The zero-order valence-corrected chi connectivity index (χ0v) is 11.4. The summed E-state index contributed by atoms with van der Waals surface area (Å²) >= 11 is 0. The maximum atomic E-state index is 6.01. The molecule has 4 nitrogen and oxygen atoms in total. The summed E-state index contributed by atoms with van der Waals surface area (Å²) in [6.07, 6.45) is 4.57. The first kappa shape index (κ1) is 13.3. The molecule has 0 aromatic carbocycles. The number of piperazine rings is 1. The van der Waals surface area contributed by atoms with Crippen LogP contribution in [0.4, 0.5) is 0 Å². The quantitative estimate of drug-likeness (QED) is 0.859. The maximum absolute atomic E-state index is 6.01. The maximum Gasteiger partial charge on any atom is 0.123 e. The lowest BCUT2D eigenvalue weighted by Gasteiger charge is -2.32. The van der Waals surface area contributed by atoms with Crippen LogP contribution < -0.4 is 10.1 Å². The molecule has 2 heterocycles. The topological polar surface area (TPSA) is 37.4 Å². The first-order valence-electron chi connectivity index (χ1n) is 6.68. The van der Waals surface area contributed by atoms with E-state index in [4.69, 9.17) is 4.74 Å². The predicted octanol–water partition coefficient (Wildman–Crippen LogP) is 1.53. The monoisotopic (exact) mass is 249 g/mol. The van der Waals surface area contributed by atoms with Crippen LogP contribution >= 0.6 is 0 Å². The van der Waals surface area contributed by atoms with Gasteiger partial charge < -0.3 is 15.0 Å². The summed E-state index contributed by atoms with van der Waals surface area (Å²) < 4.78 is 6.01. The van der Waals surface area contributed by atoms with E-state index in [0.29, 0.717) is 0 Å². The molecule has 0 saturated carbocycles. The Morgan fingerprint density at radius 3 is 2.61 bits per heavy atom. The van der Waals surface area contributed by atoms with Crippen molar-refractivity contribution in [2.24, 2.45) is 0 Å². The third-order valence-corrected chi connectivity index (χ3v) is 3.28. The SMILES string of the molecule is CC(C)(CCN1CCNCC1)Oc1ccncc1. The fourth-order valence-electron chi connectivity index (χ4n) is 2.14. The first-order chi connectivity index (χ1) is 8.66. The molecule has 1 aromatic rings. The molecule has 18 heavy (non-hydrogen) atoms. The van der Waals surface area contributed by atoms with Gasteiger partial charge in [0.25, 0.3) is 0 Å². The summed E-state index contributed by atoms with van der Waals surface area (Å²) in [4.78, 5) is 6.49. The number of pyridine rings is 1. The largest absolute Gasteiger partial charge is 0.488 e. The van der Waals surface area contributed by atoms with Crippen molar-refractivity contribution in [3.8, 4) is 5.75 Å². The van der Waals surface area contributed by atoms with Gasteiger partial charge in [0.15, 0.2) is 0 Å². The molecule has 2 rings (SSSR count). The average Bonchev–Trinajstić information content (AvgIpc) is 2.38. The fraction of sp³-hybridized carbons (Fsp3) is 0.643. The highest BCUT2D eigenvalue weighted by Gasteiger charge is 2.21. The number of nitrogens with zero attached hydrogens (tertiary/aromatic N) is 2. The smallest absolute Gasteiger partial charge is 0.123 e. The van der Waals surface area contributed by atoms with Gasteiger partial charge in [0.2, 0.25) is 0 Å². The number of hydrogen-bond donors (Lipinski definition) is 1. The minimum atomic E-state index is -0.133. The third-order valence-electron chi connectivity index (χ3n) is 3.28. The summed E-state index contributed by atoms with van der Waals surface area (Å²) in [6, 6.07) is 3.82. The minimum Gasteiger partial charge on any atom is -0.488 e. The number of hydrogen-bond acceptors (Lipinski definition) is 4. The Kier molecular flexibility index (Phi) is 4.55. The Morgan fingerprint density at radius 2 is 1.94 bits per heavy atom. The van der Waals surface area contributed by atoms with Gasteiger partial charge in [-0.3, -0.25) is 4.98 Å². The zero-order chi connectivity index (χ0) is 12.8. The van der Waals surface area contributed by atoms with Crippen molar-refractivity contribution in [1.82, 2.24) is 15.2 Å². The molecular weight excluding hydrogens is 226 g/mol. The molecule has 0 radical (unpaired) electrons. The highest BCUT2D eigenvalue weighted by atomic mass is 16.5. The van der Waals surface area contributed by atoms with Crippen LogP contribution in [0.25, 0.3) is 0 Å². The molecule has 0 bridgehead atoms. The van der Waals surface area contributed by atoms with E-state index in [-0.39, 0.29) is 5.60 Å². The van der Waals surface area contributed by atoms with Gasteiger partial charge in [0, 0.05) is 45.1 Å². The second-order valence-corrected chi connectivity index (χ2v) is 5.39. The van der Waals surface area contributed by atoms with Crippen molar-refractivity contribution in [2.75, 3.05) is 32.7 Å². The van der Waals surface area contributed by atoms with E-state index in [1.165, 1.54) is 0 Å². The van der Waals surface area contributed by atoms with Crippen LogP contribution in [0.1, 0.15) is 20.3 Å². The van der Waals surface area contributed by atoms with Crippen molar-refractivity contribution in [3.05, 3.63) is 24.5 Å². The van der Waals surface area contributed by atoms with Crippen molar-refractivity contribution < 1.29 is 4.74 Å². The first-order valence-corrected chi connectivity index (χ1v) is 6.68. The van der Waals surface area contributed by atoms with Gasteiger partial charge in [-0.2, -0.15) is 0 Å². The second-order valence-electron chi connectivity index (χ2n) is 5.39. The van der Waals surface area contributed by atoms with Gasteiger partial charge in [-0.15, -0.1) is 0 Å². The van der Waals surface area contributed by atoms with E-state index in [9.17, 15) is 0 Å². The summed E-state index contributed by atoms with van der Waals surface area (Å²) in [5, 5.41) is 3.37. The molecule has 1 N–H and O–H groups in total. The lowest BCUT2D eigenvalue weighted by atomic mass is 10.0. The predicted molar refractivity (Wildman–Crippen MR) is 72.9 cm³/mol. The molecule has 1 aromatic heterocycles. The molecule has 0 atom stereocenters. The van der Waals surface area contributed by atoms with Crippen molar-refractivity contribution >= 4 is 0 Å². The Hall–Kier alpha value is -1.13. The van der Waals surface area contributed by atoms with Gasteiger partial charge in [-0.1, -0.05) is 0 Å². The van der Waals surface area contributed by atoms with Crippen LogP contribution in [0.15, 0.2) is 24.5 Å². The molecule has 1 aliphatic rings. The number of aromatic nitrogens is 1. The molecule has 4 heteroatoms. The van der Waals surface area contributed by atoms with Gasteiger partial charge >= 0.3 is 0 Å².